The van der Waals surface area contributed by atoms with Gasteiger partial charge in [-0.2, -0.15) is 5.26 Å². The molecule has 2 aromatic rings. The summed E-state index contributed by atoms with van der Waals surface area (Å²) in [6.45, 7) is 7.87. The number of ketones is 1. The summed E-state index contributed by atoms with van der Waals surface area (Å²) in [5.41, 5.74) is 4.39. The number of carbonyl (C=O) groups excluding carboxylic acids is 2. The summed E-state index contributed by atoms with van der Waals surface area (Å²) in [7, 11) is 1.60. The summed E-state index contributed by atoms with van der Waals surface area (Å²) in [6, 6.07) is 12.2. The molecule has 35 heavy (non-hydrogen) atoms. The summed E-state index contributed by atoms with van der Waals surface area (Å²) < 4.78 is 5.06. The fourth-order valence-corrected chi connectivity index (χ4v) is 4.72. The van der Waals surface area contributed by atoms with Crippen LogP contribution < -0.4 is 4.90 Å². The quantitative estimate of drug-likeness (QED) is 0.515. The van der Waals surface area contributed by atoms with E-state index < -0.39 is 0 Å². The monoisotopic (exact) mass is 472 g/mol. The fraction of sp³-hybridized carbons (Fsp3) is 0.429. The van der Waals surface area contributed by atoms with Gasteiger partial charge in [0.2, 0.25) is 5.91 Å². The van der Waals surface area contributed by atoms with E-state index in [-0.39, 0.29) is 17.7 Å². The zero-order valence-electron chi connectivity index (χ0n) is 20.5. The number of hydrogen-bond acceptors (Lipinski definition) is 6. The molecule has 4 rings (SSSR count). The number of nitrogens with zero attached hydrogens (tertiary/aromatic N) is 4. The normalized spacial score (nSPS) is 17.7. The first-order valence-electron chi connectivity index (χ1n) is 12.2. The van der Waals surface area contributed by atoms with Gasteiger partial charge in [-0.3, -0.25) is 9.59 Å². The van der Waals surface area contributed by atoms with Gasteiger partial charge in [-0.15, -0.1) is 0 Å². The lowest BCUT2D eigenvalue weighted by molar-refractivity contribution is -0.134. The largest absolute Gasteiger partial charge is 0.384 e. The van der Waals surface area contributed by atoms with Crippen LogP contribution in [0.15, 0.2) is 43.0 Å². The lowest BCUT2D eigenvalue weighted by atomic mass is 9.96. The minimum absolute atomic E-state index is 0.0181. The number of rotatable bonds is 9. The number of ether oxygens (including phenoxy) is 1. The van der Waals surface area contributed by atoms with Crippen molar-refractivity contribution in [2.45, 2.75) is 44.6 Å². The van der Waals surface area contributed by atoms with E-state index in [1.54, 1.807) is 7.11 Å². The van der Waals surface area contributed by atoms with E-state index in [0.717, 1.165) is 35.2 Å². The number of allylic oxidation sites excluding steroid dienone is 1. The fourth-order valence-electron chi connectivity index (χ4n) is 4.72. The second-order valence-electron chi connectivity index (χ2n) is 9.35. The zero-order valence-corrected chi connectivity index (χ0v) is 20.5. The van der Waals surface area contributed by atoms with Crippen LogP contribution in [0.3, 0.4) is 0 Å². The van der Waals surface area contributed by atoms with Crippen LogP contribution in [0, 0.1) is 11.3 Å². The highest BCUT2D eigenvalue weighted by atomic mass is 16.5. The number of hydrogen-bond donors (Lipinski definition) is 0. The van der Waals surface area contributed by atoms with Crippen LogP contribution in [0.25, 0.3) is 11.1 Å². The maximum atomic E-state index is 12.5. The number of nitriles is 1. The predicted octanol–water partition coefficient (Wildman–Crippen LogP) is 3.87. The van der Waals surface area contributed by atoms with E-state index in [2.05, 4.69) is 17.5 Å². The molecular formula is C28H32N4O3. The Morgan fingerprint density at radius 2 is 2.09 bits per heavy atom. The zero-order chi connectivity index (χ0) is 24.9. The molecular weight excluding hydrogens is 440 g/mol. The highest BCUT2D eigenvalue weighted by Crippen LogP contribution is 2.45. The third kappa shape index (κ3) is 5.60. The van der Waals surface area contributed by atoms with Crippen molar-refractivity contribution in [3.8, 4) is 17.2 Å². The number of methoxy groups -OCH3 is 1. The number of carbonyl (C=O) groups is 2. The first-order valence-corrected chi connectivity index (χ1v) is 12.2. The molecule has 182 valence electrons. The van der Waals surface area contributed by atoms with Crippen LogP contribution in [0.1, 0.15) is 48.9 Å². The molecule has 1 atom stereocenters. The maximum absolute atomic E-state index is 12.5. The molecule has 0 radical (unpaired) electrons. The Hall–Kier alpha value is -3.50. The Kier molecular flexibility index (Phi) is 7.62. The molecule has 0 N–H and O–H groups in total. The van der Waals surface area contributed by atoms with E-state index in [0.29, 0.717) is 56.4 Å². The maximum Gasteiger partial charge on any atom is 0.225 e. The van der Waals surface area contributed by atoms with Crippen LogP contribution in [-0.2, 0) is 20.7 Å². The van der Waals surface area contributed by atoms with Gasteiger partial charge >= 0.3 is 0 Å². The number of benzene rings is 1. The van der Waals surface area contributed by atoms with E-state index >= 15 is 0 Å². The molecule has 1 aromatic carbocycles. The topological polar surface area (TPSA) is 86.5 Å². The summed E-state index contributed by atoms with van der Waals surface area (Å²) in [6.07, 6.45) is 4.19. The lowest BCUT2D eigenvalue weighted by Crippen LogP contribution is -2.54. The molecule has 1 aromatic heterocycles. The highest BCUT2D eigenvalue weighted by Gasteiger charge is 2.33. The van der Waals surface area contributed by atoms with Gasteiger partial charge in [0.15, 0.2) is 5.78 Å². The van der Waals surface area contributed by atoms with Crippen molar-refractivity contribution in [2.75, 3.05) is 38.3 Å². The molecule has 0 bridgehead atoms. The Bertz CT molecular complexity index is 1170. The van der Waals surface area contributed by atoms with Crippen molar-refractivity contribution >= 4 is 17.5 Å². The van der Waals surface area contributed by atoms with Gasteiger partial charge in [-0.05, 0) is 43.0 Å². The molecule has 1 saturated carbocycles. The van der Waals surface area contributed by atoms with Crippen molar-refractivity contribution in [1.29, 1.82) is 5.26 Å². The van der Waals surface area contributed by atoms with Crippen molar-refractivity contribution < 1.29 is 14.3 Å². The molecule has 1 aliphatic carbocycles. The molecule has 7 heteroatoms. The molecule has 0 spiro atoms. The van der Waals surface area contributed by atoms with Crippen molar-refractivity contribution in [3.05, 3.63) is 59.8 Å². The van der Waals surface area contributed by atoms with E-state index in [1.165, 1.54) is 6.08 Å². The second kappa shape index (κ2) is 10.8. The second-order valence-corrected chi connectivity index (χ2v) is 9.35. The summed E-state index contributed by atoms with van der Waals surface area (Å²) in [4.78, 5) is 33.5. The SMILES string of the molecule is C=CC(=O)Cc1cccc(-c2cc(C#N)c(N3CCN(C(=O)CCOC)[C@H](C)C3)nc2C2CC2)c1. The van der Waals surface area contributed by atoms with Gasteiger partial charge in [0.1, 0.15) is 11.9 Å². The van der Waals surface area contributed by atoms with E-state index in [1.807, 2.05) is 42.2 Å². The third-order valence-corrected chi connectivity index (χ3v) is 6.73. The van der Waals surface area contributed by atoms with Crippen molar-refractivity contribution in [1.82, 2.24) is 9.88 Å². The van der Waals surface area contributed by atoms with Crippen LogP contribution in [0.4, 0.5) is 5.82 Å². The van der Waals surface area contributed by atoms with Crippen LogP contribution in [0.2, 0.25) is 0 Å². The molecule has 0 unspecified atom stereocenters. The molecule has 1 aliphatic heterocycles. The van der Waals surface area contributed by atoms with Crippen LogP contribution >= 0.6 is 0 Å². The average molecular weight is 473 g/mol. The van der Waals surface area contributed by atoms with Gasteiger partial charge in [-0.25, -0.2) is 4.98 Å². The first-order chi connectivity index (χ1) is 16.9. The Morgan fingerprint density at radius 1 is 1.29 bits per heavy atom. The minimum atomic E-state index is -0.0234. The predicted molar refractivity (Wildman–Crippen MR) is 135 cm³/mol. The Balaban J connectivity index is 1.63. The molecule has 1 amide bonds. The average Bonchev–Trinajstić information content (AvgIpc) is 3.72. The van der Waals surface area contributed by atoms with Crippen molar-refractivity contribution in [2.24, 2.45) is 0 Å². The smallest absolute Gasteiger partial charge is 0.225 e. The van der Waals surface area contributed by atoms with Crippen molar-refractivity contribution in [3.63, 3.8) is 0 Å². The first kappa shape index (κ1) is 24.6. The van der Waals surface area contributed by atoms with Crippen LogP contribution in [0.5, 0.6) is 0 Å². The molecule has 7 nitrogen and oxygen atoms in total. The number of amides is 1. The van der Waals surface area contributed by atoms with Gasteiger partial charge in [-0.1, -0.05) is 30.8 Å². The van der Waals surface area contributed by atoms with Gasteiger partial charge < -0.3 is 14.5 Å². The number of piperazine rings is 1. The van der Waals surface area contributed by atoms with E-state index in [9.17, 15) is 14.9 Å². The highest BCUT2D eigenvalue weighted by molar-refractivity contribution is 5.91. The molecule has 2 aliphatic rings. The van der Waals surface area contributed by atoms with Gasteiger partial charge in [0.25, 0.3) is 0 Å². The number of anilines is 1. The third-order valence-electron chi connectivity index (χ3n) is 6.73. The molecule has 1 saturated heterocycles. The summed E-state index contributed by atoms with van der Waals surface area (Å²) in [5, 5.41) is 10.0. The molecule has 2 heterocycles. The number of aromatic nitrogens is 1. The van der Waals surface area contributed by atoms with Crippen LogP contribution in [-0.4, -0.2) is 61.0 Å². The minimum Gasteiger partial charge on any atom is -0.384 e. The van der Waals surface area contributed by atoms with Gasteiger partial charge in [0, 0.05) is 50.7 Å². The Morgan fingerprint density at radius 3 is 2.74 bits per heavy atom. The van der Waals surface area contributed by atoms with E-state index in [4.69, 9.17) is 9.72 Å². The lowest BCUT2D eigenvalue weighted by Gasteiger charge is -2.41. The Labute approximate surface area is 207 Å². The van der Waals surface area contributed by atoms with Gasteiger partial charge in [0.05, 0.1) is 24.3 Å². The molecule has 2 fully saturated rings. The summed E-state index contributed by atoms with van der Waals surface area (Å²) in [5.74, 6) is 1.15. The standard InChI is InChI=1S/C28H32N4O3/c1-4-24(33)15-20-6-5-7-22(14-20)25-16-23(17-29)28(30-27(25)21-8-9-21)31-11-12-32(19(2)18-31)26(34)10-13-35-3/h4-7,14,16,19,21H,1,8-13,15,18H2,2-3H3/t19-/m1/s1. The number of pyridine rings is 1. The summed E-state index contributed by atoms with van der Waals surface area (Å²) >= 11 is 0.